The number of amides is 2. The lowest BCUT2D eigenvalue weighted by molar-refractivity contribution is -0.137. The van der Waals surface area contributed by atoms with Gasteiger partial charge < -0.3 is 41.8 Å². The number of carboxylic acids is 1. The number of carbonyl (C=O) groups excluding carboxylic acids is 2. The summed E-state index contributed by atoms with van der Waals surface area (Å²) >= 11 is 0. The van der Waals surface area contributed by atoms with Gasteiger partial charge in [-0.05, 0) is 30.3 Å². The van der Waals surface area contributed by atoms with Crippen LogP contribution in [0.5, 0.6) is 17.2 Å². The SMILES string of the molecule is NC(N)=Nc1cccc(C(=O)NCC(=O)NC(CC(=O)O)c2c(O)ccc3c2OCO3)c1. The molecule has 8 N–H and O–H groups in total. The maximum atomic E-state index is 12.4. The summed E-state index contributed by atoms with van der Waals surface area (Å²) in [6, 6.07) is 7.76. The zero-order valence-electron chi connectivity index (χ0n) is 16.7. The summed E-state index contributed by atoms with van der Waals surface area (Å²) in [4.78, 5) is 40.0. The van der Waals surface area contributed by atoms with E-state index < -0.39 is 36.8 Å². The van der Waals surface area contributed by atoms with Gasteiger partial charge in [0.05, 0.1) is 30.3 Å². The minimum absolute atomic E-state index is 0.0759. The van der Waals surface area contributed by atoms with Crippen LogP contribution in [0.1, 0.15) is 28.4 Å². The highest BCUT2D eigenvalue weighted by Crippen LogP contribution is 2.44. The number of carboxylic acid groups (broad SMARTS) is 1. The van der Waals surface area contributed by atoms with Crippen LogP contribution in [0.3, 0.4) is 0 Å². The third-order valence-corrected chi connectivity index (χ3v) is 4.39. The van der Waals surface area contributed by atoms with Gasteiger partial charge >= 0.3 is 5.97 Å². The Kier molecular flexibility index (Phi) is 6.63. The first-order chi connectivity index (χ1) is 15.2. The van der Waals surface area contributed by atoms with Gasteiger partial charge in [0.15, 0.2) is 17.5 Å². The fraction of sp³-hybridized carbons (Fsp3) is 0.200. The fourth-order valence-electron chi connectivity index (χ4n) is 3.09. The molecule has 0 saturated carbocycles. The van der Waals surface area contributed by atoms with Crippen molar-refractivity contribution in [1.29, 1.82) is 0 Å². The fourth-order valence-corrected chi connectivity index (χ4v) is 3.09. The molecule has 0 aromatic heterocycles. The number of guanidine groups is 1. The number of carbonyl (C=O) groups is 3. The number of nitrogens with one attached hydrogen (secondary N) is 2. The Morgan fingerprint density at radius 2 is 1.94 bits per heavy atom. The number of fused-ring (bicyclic) bond motifs is 1. The molecule has 0 aliphatic carbocycles. The van der Waals surface area contributed by atoms with Crippen LogP contribution in [0.15, 0.2) is 41.4 Å². The molecule has 1 aliphatic rings. The van der Waals surface area contributed by atoms with Gasteiger partial charge in [-0.3, -0.25) is 14.4 Å². The third kappa shape index (κ3) is 5.36. The largest absolute Gasteiger partial charge is 0.507 e. The highest BCUT2D eigenvalue weighted by atomic mass is 16.7. The number of phenolic OH excluding ortho intramolecular Hbond substituents is 1. The average molecular weight is 443 g/mol. The molecule has 3 rings (SSSR count). The molecule has 2 aromatic rings. The molecule has 12 nitrogen and oxygen atoms in total. The van der Waals surface area contributed by atoms with Gasteiger partial charge in [-0.25, -0.2) is 4.99 Å². The first-order valence-electron chi connectivity index (χ1n) is 9.35. The van der Waals surface area contributed by atoms with Crippen LogP contribution >= 0.6 is 0 Å². The number of hydrogen-bond acceptors (Lipinski definition) is 7. The van der Waals surface area contributed by atoms with Gasteiger partial charge in [-0.2, -0.15) is 0 Å². The van der Waals surface area contributed by atoms with E-state index in [1.54, 1.807) is 12.1 Å². The number of phenols is 1. The second-order valence-corrected chi connectivity index (χ2v) is 6.72. The molecule has 0 spiro atoms. The van der Waals surface area contributed by atoms with Crippen LogP contribution in [0.4, 0.5) is 5.69 Å². The number of hydrogen-bond donors (Lipinski definition) is 6. The number of aromatic hydroxyl groups is 1. The van der Waals surface area contributed by atoms with Crippen molar-refractivity contribution in [1.82, 2.24) is 10.6 Å². The summed E-state index contributed by atoms with van der Waals surface area (Å²) in [6.07, 6.45) is -0.534. The molecule has 2 amide bonds. The summed E-state index contributed by atoms with van der Waals surface area (Å²) in [5, 5.41) is 24.4. The molecule has 12 heteroatoms. The minimum Gasteiger partial charge on any atom is -0.507 e. The van der Waals surface area contributed by atoms with E-state index in [-0.39, 0.29) is 35.4 Å². The normalized spacial score (nSPS) is 12.5. The molecule has 0 radical (unpaired) electrons. The average Bonchev–Trinajstić information content (AvgIpc) is 3.19. The van der Waals surface area contributed by atoms with Crippen molar-refractivity contribution in [3.05, 3.63) is 47.5 Å². The van der Waals surface area contributed by atoms with Crippen molar-refractivity contribution in [3.63, 3.8) is 0 Å². The number of nitrogens with zero attached hydrogens (tertiary/aromatic N) is 1. The molecule has 1 heterocycles. The zero-order valence-corrected chi connectivity index (χ0v) is 16.7. The molecule has 2 aromatic carbocycles. The van der Waals surface area contributed by atoms with Gasteiger partial charge in [0.25, 0.3) is 5.91 Å². The quantitative estimate of drug-likeness (QED) is 0.242. The van der Waals surface area contributed by atoms with E-state index in [0.717, 1.165) is 0 Å². The van der Waals surface area contributed by atoms with Crippen LogP contribution in [0.2, 0.25) is 0 Å². The number of aliphatic carboxylic acids is 1. The van der Waals surface area contributed by atoms with E-state index in [1.807, 2.05) is 0 Å². The minimum atomic E-state index is -1.22. The first kappa shape index (κ1) is 22.2. The molecule has 1 aliphatic heterocycles. The van der Waals surface area contributed by atoms with Crippen molar-refractivity contribution in [2.45, 2.75) is 12.5 Å². The summed E-state index contributed by atoms with van der Waals surface area (Å²) in [5.41, 5.74) is 11.3. The Labute approximate surface area is 181 Å². The van der Waals surface area contributed by atoms with Gasteiger partial charge in [-0.1, -0.05) is 6.07 Å². The Hall–Kier alpha value is -4.48. The van der Waals surface area contributed by atoms with E-state index in [9.17, 15) is 24.6 Å². The maximum absolute atomic E-state index is 12.4. The standard InChI is InChI=1S/C20H21N5O7/c21-20(22)24-11-3-1-2-10(6-11)19(30)23-8-15(27)25-12(7-16(28)29)17-13(26)4-5-14-18(17)32-9-31-14/h1-6,12,26H,7-9H2,(H,23,30)(H,25,27)(H,28,29)(H4,21,22,24). The third-order valence-electron chi connectivity index (χ3n) is 4.39. The summed E-state index contributed by atoms with van der Waals surface area (Å²) in [7, 11) is 0. The van der Waals surface area contributed by atoms with Crippen molar-refractivity contribution in [2.24, 2.45) is 16.5 Å². The Bertz CT molecular complexity index is 1080. The molecule has 32 heavy (non-hydrogen) atoms. The molecule has 1 unspecified atom stereocenters. The van der Waals surface area contributed by atoms with Crippen LogP contribution in [0, 0.1) is 0 Å². The number of benzene rings is 2. The van der Waals surface area contributed by atoms with Crippen molar-refractivity contribution in [3.8, 4) is 17.2 Å². The maximum Gasteiger partial charge on any atom is 0.305 e. The summed E-state index contributed by atoms with van der Waals surface area (Å²) in [5.74, 6) is -2.43. The van der Waals surface area contributed by atoms with Crippen LogP contribution in [-0.4, -0.2) is 47.3 Å². The lowest BCUT2D eigenvalue weighted by atomic mass is 10.0. The van der Waals surface area contributed by atoms with Crippen LogP contribution < -0.4 is 31.6 Å². The molecular weight excluding hydrogens is 422 g/mol. The molecule has 0 saturated heterocycles. The van der Waals surface area contributed by atoms with E-state index >= 15 is 0 Å². The van der Waals surface area contributed by atoms with Gasteiger partial charge in [-0.15, -0.1) is 0 Å². The van der Waals surface area contributed by atoms with Crippen LogP contribution in [0.25, 0.3) is 0 Å². The predicted molar refractivity (Wildman–Crippen MR) is 112 cm³/mol. The van der Waals surface area contributed by atoms with Gasteiger partial charge in [0, 0.05) is 5.56 Å². The molecule has 1 atom stereocenters. The molecule has 0 fully saturated rings. The lowest BCUT2D eigenvalue weighted by Crippen LogP contribution is -2.39. The van der Waals surface area contributed by atoms with E-state index in [2.05, 4.69) is 15.6 Å². The van der Waals surface area contributed by atoms with Crippen molar-refractivity contribution >= 4 is 29.4 Å². The predicted octanol–water partition coefficient (Wildman–Crippen LogP) is 0.0878. The highest BCUT2D eigenvalue weighted by molar-refractivity contribution is 5.97. The van der Waals surface area contributed by atoms with E-state index in [1.165, 1.54) is 24.3 Å². The van der Waals surface area contributed by atoms with Crippen molar-refractivity contribution < 1.29 is 34.1 Å². The summed E-state index contributed by atoms with van der Waals surface area (Å²) < 4.78 is 10.6. The van der Waals surface area contributed by atoms with Gasteiger partial charge in [0.2, 0.25) is 12.7 Å². The second kappa shape index (κ2) is 9.55. The Morgan fingerprint density at radius 3 is 2.66 bits per heavy atom. The Morgan fingerprint density at radius 1 is 1.16 bits per heavy atom. The lowest BCUT2D eigenvalue weighted by Gasteiger charge is -2.20. The van der Waals surface area contributed by atoms with E-state index in [4.69, 9.17) is 20.9 Å². The molecular formula is C20H21N5O7. The number of aliphatic imine (C=N–C) groups is 1. The Balaban J connectivity index is 1.70. The molecule has 0 bridgehead atoms. The van der Waals surface area contributed by atoms with Crippen LogP contribution in [-0.2, 0) is 9.59 Å². The topological polar surface area (TPSA) is 199 Å². The smallest absolute Gasteiger partial charge is 0.305 e. The van der Waals surface area contributed by atoms with E-state index in [0.29, 0.717) is 11.4 Å². The monoisotopic (exact) mass is 443 g/mol. The highest BCUT2D eigenvalue weighted by Gasteiger charge is 2.29. The summed E-state index contributed by atoms with van der Waals surface area (Å²) in [6.45, 7) is -0.552. The number of ether oxygens (including phenoxy) is 2. The van der Waals surface area contributed by atoms with Crippen molar-refractivity contribution in [2.75, 3.05) is 13.3 Å². The zero-order chi connectivity index (χ0) is 23.3. The van der Waals surface area contributed by atoms with Gasteiger partial charge in [0.1, 0.15) is 5.75 Å². The molecule has 168 valence electrons. The number of rotatable bonds is 8. The number of nitrogens with two attached hydrogens (primary N) is 2. The second-order valence-electron chi connectivity index (χ2n) is 6.72. The first-order valence-corrected chi connectivity index (χ1v) is 9.35.